The van der Waals surface area contributed by atoms with Crippen LogP contribution in [0.15, 0.2) is 18.2 Å². The van der Waals surface area contributed by atoms with Gasteiger partial charge in [-0.1, -0.05) is 30.1 Å². The molecule has 0 aliphatic heterocycles. The fraction of sp³-hybridized carbons (Fsp3) is 0.455. The quantitative estimate of drug-likeness (QED) is 0.830. The third-order valence-electron chi connectivity index (χ3n) is 2.19. The average Bonchev–Trinajstić information content (AvgIpc) is 2.12. The lowest BCUT2D eigenvalue weighted by Gasteiger charge is -2.11. The average molecular weight is 232 g/mol. The number of hydrogen-bond acceptors (Lipinski definition) is 1. The zero-order chi connectivity index (χ0) is 10.6. The van der Waals surface area contributed by atoms with Crippen molar-refractivity contribution in [3.8, 4) is 0 Å². The summed E-state index contributed by atoms with van der Waals surface area (Å²) in [4.78, 5) is 0. The Morgan fingerprint density at radius 3 is 2.29 bits per heavy atom. The second-order valence-corrected chi connectivity index (χ2v) is 4.34. The van der Waals surface area contributed by atoms with E-state index in [0.29, 0.717) is 16.1 Å². The van der Waals surface area contributed by atoms with Crippen LogP contribution in [0.3, 0.4) is 0 Å². The summed E-state index contributed by atoms with van der Waals surface area (Å²) in [5.74, 6) is 0. The van der Waals surface area contributed by atoms with E-state index in [1.54, 1.807) is 6.07 Å². The molecule has 1 N–H and O–H groups in total. The molecular weight excluding hydrogens is 217 g/mol. The highest BCUT2D eigenvalue weighted by molar-refractivity contribution is 6.34. The molecule has 78 valence electrons. The standard InChI is InChI=1S/C11H15Cl2N/c1-3-8(2)14-7-9-4-10(12)6-11(13)5-9/h4-6,8,14H,3,7H2,1-2H3/t8-/m1/s1. The largest absolute Gasteiger partial charge is 0.310 e. The van der Waals surface area contributed by atoms with Crippen LogP contribution in [-0.2, 0) is 6.54 Å². The molecule has 0 saturated carbocycles. The molecule has 0 saturated heterocycles. The monoisotopic (exact) mass is 231 g/mol. The summed E-state index contributed by atoms with van der Waals surface area (Å²) in [6, 6.07) is 6.13. The fourth-order valence-electron chi connectivity index (χ4n) is 1.15. The number of nitrogens with one attached hydrogen (secondary N) is 1. The van der Waals surface area contributed by atoms with Crippen molar-refractivity contribution in [2.24, 2.45) is 0 Å². The predicted octanol–water partition coefficient (Wildman–Crippen LogP) is 3.88. The van der Waals surface area contributed by atoms with Crippen molar-refractivity contribution in [3.05, 3.63) is 33.8 Å². The van der Waals surface area contributed by atoms with E-state index in [1.807, 2.05) is 12.1 Å². The van der Waals surface area contributed by atoms with Gasteiger partial charge < -0.3 is 5.32 Å². The van der Waals surface area contributed by atoms with Crippen molar-refractivity contribution in [1.82, 2.24) is 5.32 Å². The van der Waals surface area contributed by atoms with Crippen molar-refractivity contribution >= 4 is 23.2 Å². The summed E-state index contributed by atoms with van der Waals surface area (Å²) in [5, 5.41) is 4.77. The van der Waals surface area contributed by atoms with Crippen molar-refractivity contribution in [2.75, 3.05) is 0 Å². The van der Waals surface area contributed by atoms with E-state index in [0.717, 1.165) is 18.5 Å². The first kappa shape index (κ1) is 11.8. The molecule has 1 aromatic rings. The molecule has 0 aliphatic rings. The zero-order valence-corrected chi connectivity index (χ0v) is 9.99. The Hall–Kier alpha value is -0.240. The molecule has 1 nitrogen and oxygen atoms in total. The topological polar surface area (TPSA) is 12.0 Å². The lowest BCUT2D eigenvalue weighted by molar-refractivity contribution is 0.534. The van der Waals surface area contributed by atoms with Crippen LogP contribution in [0.1, 0.15) is 25.8 Å². The minimum Gasteiger partial charge on any atom is -0.310 e. The van der Waals surface area contributed by atoms with Gasteiger partial charge in [-0.15, -0.1) is 0 Å². The van der Waals surface area contributed by atoms with Crippen LogP contribution in [-0.4, -0.2) is 6.04 Å². The van der Waals surface area contributed by atoms with Gasteiger partial charge in [0.15, 0.2) is 0 Å². The Labute approximate surface area is 95.4 Å². The van der Waals surface area contributed by atoms with E-state index in [4.69, 9.17) is 23.2 Å². The Balaban J connectivity index is 2.58. The lowest BCUT2D eigenvalue weighted by Crippen LogP contribution is -2.24. The summed E-state index contributed by atoms with van der Waals surface area (Å²) in [7, 11) is 0. The molecule has 0 spiro atoms. The SMILES string of the molecule is CC[C@@H](C)NCc1cc(Cl)cc(Cl)c1. The Kier molecular flexibility index (Phi) is 4.73. The molecule has 0 unspecified atom stereocenters. The van der Waals surface area contributed by atoms with E-state index < -0.39 is 0 Å². The second-order valence-electron chi connectivity index (χ2n) is 3.47. The number of benzene rings is 1. The van der Waals surface area contributed by atoms with Crippen LogP contribution in [0, 0.1) is 0 Å². The van der Waals surface area contributed by atoms with Gasteiger partial charge in [0.1, 0.15) is 0 Å². The summed E-state index contributed by atoms with van der Waals surface area (Å²) >= 11 is 11.8. The maximum absolute atomic E-state index is 5.89. The Bertz CT molecular complexity index is 279. The first-order valence-electron chi connectivity index (χ1n) is 4.80. The van der Waals surface area contributed by atoms with E-state index in [1.165, 1.54) is 0 Å². The highest BCUT2D eigenvalue weighted by atomic mass is 35.5. The van der Waals surface area contributed by atoms with Crippen LogP contribution in [0.5, 0.6) is 0 Å². The van der Waals surface area contributed by atoms with Crippen LogP contribution >= 0.6 is 23.2 Å². The van der Waals surface area contributed by atoms with Crippen molar-refractivity contribution < 1.29 is 0 Å². The molecule has 0 amide bonds. The molecule has 0 aliphatic carbocycles. The first-order chi connectivity index (χ1) is 6.61. The zero-order valence-electron chi connectivity index (χ0n) is 8.48. The van der Waals surface area contributed by atoms with Gasteiger partial charge in [-0.2, -0.15) is 0 Å². The maximum atomic E-state index is 5.89. The molecule has 1 rings (SSSR count). The van der Waals surface area contributed by atoms with Gasteiger partial charge >= 0.3 is 0 Å². The smallest absolute Gasteiger partial charge is 0.0424 e. The number of hydrogen-bond donors (Lipinski definition) is 1. The van der Waals surface area contributed by atoms with E-state index in [2.05, 4.69) is 19.2 Å². The van der Waals surface area contributed by atoms with E-state index in [-0.39, 0.29) is 0 Å². The highest BCUT2D eigenvalue weighted by Gasteiger charge is 2.00. The van der Waals surface area contributed by atoms with Crippen molar-refractivity contribution in [3.63, 3.8) is 0 Å². The fourth-order valence-corrected chi connectivity index (χ4v) is 1.72. The lowest BCUT2D eigenvalue weighted by atomic mass is 10.2. The van der Waals surface area contributed by atoms with Crippen LogP contribution in [0.2, 0.25) is 10.0 Å². The van der Waals surface area contributed by atoms with Gasteiger partial charge in [0.2, 0.25) is 0 Å². The predicted molar refractivity (Wildman–Crippen MR) is 63.1 cm³/mol. The molecule has 0 heterocycles. The van der Waals surface area contributed by atoms with Crippen LogP contribution in [0.4, 0.5) is 0 Å². The summed E-state index contributed by atoms with van der Waals surface area (Å²) in [6.45, 7) is 5.13. The Morgan fingerprint density at radius 2 is 1.79 bits per heavy atom. The normalized spacial score (nSPS) is 12.9. The molecule has 1 aromatic carbocycles. The third-order valence-corrected chi connectivity index (χ3v) is 2.63. The van der Waals surface area contributed by atoms with Gasteiger partial charge in [0.25, 0.3) is 0 Å². The van der Waals surface area contributed by atoms with Crippen molar-refractivity contribution in [1.29, 1.82) is 0 Å². The minimum absolute atomic E-state index is 0.521. The molecule has 0 bridgehead atoms. The van der Waals surface area contributed by atoms with E-state index >= 15 is 0 Å². The number of rotatable bonds is 4. The van der Waals surface area contributed by atoms with Crippen molar-refractivity contribution in [2.45, 2.75) is 32.9 Å². The molecule has 3 heteroatoms. The summed E-state index contributed by atoms with van der Waals surface area (Å²) in [6.07, 6.45) is 1.12. The second kappa shape index (κ2) is 5.59. The number of halogens is 2. The van der Waals surface area contributed by atoms with Gasteiger partial charge in [-0.05, 0) is 37.1 Å². The van der Waals surface area contributed by atoms with Gasteiger partial charge in [0.05, 0.1) is 0 Å². The van der Waals surface area contributed by atoms with Crippen LogP contribution < -0.4 is 5.32 Å². The van der Waals surface area contributed by atoms with Gasteiger partial charge in [-0.25, -0.2) is 0 Å². The summed E-state index contributed by atoms with van der Waals surface area (Å²) in [5.41, 5.74) is 1.13. The summed E-state index contributed by atoms with van der Waals surface area (Å²) < 4.78 is 0. The van der Waals surface area contributed by atoms with Crippen LogP contribution in [0.25, 0.3) is 0 Å². The van der Waals surface area contributed by atoms with E-state index in [9.17, 15) is 0 Å². The van der Waals surface area contributed by atoms with Gasteiger partial charge in [-0.3, -0.25) is 0 Å². The maximum Gasteiger partial charge on any atom is 0.0424 e. The molecule has 0 radical (unpaired) electrons. The first-order valence-corrected chi connectivity index (χ1v) is 5.55. The molecule has 14 heavy (non-hydrogen) atoms. The Morgan fingerprint density at radius 1 is 1.21 bits per heavy atom. The molecular formula is C11H15Cl2N. The molecule has 1 atom stereocenters. The highest BCUT2D eigenvalue weighted by Crippen LogP contribution is 2.18. The minimum atomic E-state index is 0.521. The molecule has 0 fully saturated rings. The molecule has 0 aromatic heterocycles. The third kappa shape index (κ3) is 3.87. The van der Waals surface area contributed by atoms with Gasteiger partial charge in [0, 0.05) is 22.6 Å².